The minimum atomic E-state index is -0.100. The molecule has 0 bridgehead atoms. The minimum Gasteiger partial charge on any atom is -0.507 e. The van der Waals surface area contributed by atoms with E-state index in [4.69, 9.17) is 5.11 Å². The first kappa shape index (κ1) is 12.4. The first-order valence-electron chi connectivity index (χ1n) is 6.33. The summed E-state index contributed by atoms with van der Waals surface area (Å²) >= 11 is 0. The van der Waals surface area contributed by atoms with Crippen LogP contribution in [0.25, 0.3) is 0 Å². The zero-order valence-corrected chi connectivity index (χ0v) is 10.4. The molecule has 0 aromatic heterocycles. The van der Waals surface area contributed by atoms with Gasteiger partial charge in [-0.15, -0.1) is 0 Å². The van der Waals surface area contributed by atoms with Gasteiger partial charge < -0.3 is 10.2 Å². The smallest absolute Gasteiger partial charge is 0.125 e. The Morgan fingerprint density at radius 1 is 1.24 bits per heavy atom. The van der Waals surface area contributed by atoms with Crippen LogP contribution in [0, 0.1) is 5.92 Å². The van der Waals surface area contributed by atoms with Gasteiger partial charge in [-0.05, 0) is 31.8 Å². The monoisotopic (exact) mass is 235 g/mol. The summed E-state index contributed by atoms with van der Waals surface area (Å²) in [5.74, 6) is 1.08. The number of hydrogen-bond acceptors (Lipinski definition) is 3. The number of hydrogen-bond donors (Lipinski definition) is 2. The lowest BCUT2D eigenvalue weighted by Gasteiger charge is -2.30. The molecular weight excluding hydrogens is 214 g/mol. The Morgan fingerprint density at radius 2 is 1.88 bits per heavy atom. The second kappa shape index (κ2) is 5.52. The molecule has 0 saturated carbocycles. The van der Waals surface area contributed by atoms with Crippen molar-refractivity contribution in [3.05, 3.63) is 29.3 Å². The summed E-state index contributed by atoms with van der Waals surface area (Å²) in [4.78, 5) is 2.37. The van der Waals surface area contributed by atoms with Crippen molar-refractivity contribution in [2.45, 2.75) is 32.9 Å². The van der Waals surface area contributed by atoms with Crippen LogP contribution in [0.3, 0.4) is 0 Å². The Bertz CT molecular complexity index is 370. The Hall–Kier alpha value is -1.06. The van der Waals surface area contributed by atoms with E-state index in [9.17, 15) is 5.11 Å². The Labute approximate surface area is 103 Å². The van der Waals surface area contributed by atoms with E-state index < -0.39 is 0 Å². The fourth-order valence-corrected chi connectivity index (χ4v) is 2.36. The fourth-order valence-electron chi connectivity index (χ4n) is 2.36. The predicted octanol–water partition coefficient (Wildman–Crippen LogP) is 2.12. The summed E-state index contributed by atoms with van der Waals surface area (Å²) in [6, 6.07) is 5.59. The van der Waals surface area contributed by atoms with Gasteiger partial charge in [0.25, 0.3) is 0 Å². The lowest BCUT2D eigenvalue weighted by molar-refractivity contribution is 0.183. The fraction of sp³-hybridized carbons (Fsp3) is 0.571. The van der Waals surface area contributed by atoms with Crippen molar-refractivity contribution in [3.8, 4) is 5.75 Å². The van der Waals surface area contributed by atoms with Crippen LogP contribution in [0.15, 0.2) is 18.2 Å². The van der Waals surface area contributed by atoms with Crippen LogP contribution >= 0.6 is 0 Å². The summed E-state index contributed by atoms with van der Waals surface area (Å²) in [6.45, 7) is 5.18. The predicted molar refractivity (Wildman–Crippen MR) is 67.7 cm³/mol. The maximum Gasteiger partial charge on any atom is 0.125 e. The second-order valence-electron chi connectivity index (χ2n) is 5.04. The highest BCUT2D eigenvalue weighted by Crippen LogP contribution is 2.25. The van der Waals surface area contributed by atoms with Gasteiger partial charge in [0.05, 0.1) is 6.61 Å². The summed E-state index contributed by atoms with van der Waals surface area (Å²) < 4.78 is 0. The molecule has 94 valence electrons. The average molecular weight is 235 g/mol. The number of benzene rings is 1. The van der Waals surface area contributed by atoms with Crippen LogP contribution in [0.4, 0.5) is 0 Å². The molecule has 0 radical (unpaired) electrons. The number of phenols is 1. The maximum atomic E-state index is 9.98. The van der Waals surface area contributed by atoms with E-state index in [1.165, 1.54) is 12.8 Å². The van der Waals surface area contributed by atoms with Crippen molar-refractivity contribution < 1.29 is 10.2 Å². The van der Waals surface area contributed by atoms with Crippen LogP contribution in [0.5, 0.6) is 5.75 Å². The summed E-state index contributed by atoms with van der Waals surface area (Å²) in [5, 5.41) is 19.1. The van der Waals surface area contributed by atoms with Crippen LogP contribution in [0.2, 0.25) is 0 Å². The molecule has 1 aliphatic heterocycles. The Balaban J connectivity index is 2.03. The van der Waals surface area contributed by atoms with Crippen LogP contribution in [-0.2, 0) is 13.2 Å². The molecule has 1 aromatic carbocycles. The standard InChI is InChI=1S/C14H21NO2/c1-11-5-7-15(8-6-11)9-12-3-2-4-13(10-16)14(12)17/h2-4,11,16-17H,5-10H2,1H3. The topological polar surface area (TPSA) is 43.7 Å². The highest BCUT2D eigenvalue weighted by Gasteiger charge is 2.17. The van der Waals surface area contributed by atoms with Crippen molar-refractivity contribution in [2.24, 2.45) is 5.92 Å². The number of piperidine rings is 1. The van der Waals surface area contributed by atoms with Crippen molar-refractivity contribution in [3.63, 3.8) is 0 Å². The van der Waals surface area contributed by atoms with Gasteiger partial charge in [-0.3, -0.25) is 4.90 Å². The van der Waals surface area contributed by atoms with Gasteiger partial charge in [0, 0.05) is 17.7 Å². The third-order valence-corrected chi connectivity index (χ3v) is 3.64. The number of rotatable bonds is 3. The molecule has 1 fully saturated rings. The number of likely N-dealkylation sites (tertiary alicyclic amines) is 1. The number of para-hydroxylation sites is 1. The number of nitrogens with zero attached hydrogens (tertiary/aromatic N) is 1. The van der Waals surface area contributed by atoms with Crippen molar-refractivity contribution in [1.29, 1.82) is 0 Å². The Kier molecular flexibility index (Phi) is 4.02. The molecule has 0 unspecified atom stereocenters. The first-order chi connectivity index (χ1) is 8.20. The summed E-state index contributed by atoms with van der Waals surface area (Å²) in [5.41, 5.74) is 1.54. The summed E-state index contributed by atoms with van der Waals surface area (Å²) in [6.07, 6.45) is 2.47. The second-order valence-corrected chi connectivity index (χ2v) is 5.04. The van der Waals surface area contributed by atoms with Gasteiger partial charge in [0.15, 0.2) is 0 Å². The van der Waals surface area contributed by atoms with Crippen LogP contribution < -0.4 is 0 Å². The largest absolute Gasteiger partial charge is 0.507 e. The van der Waals surface area contributed by atoms with Gasteiger partial charge in [0.1, 0.15) is 5.75 Å². The van der Waals surface area contributed by atoms with E-state index in [0.717, 1.165) is 31.1 Å². The SMILES string of the molecule is CC1CCN(Cc2cccc(CO)c2O)CC1. The molecular formula is C14H21NO2. The molecule has 1 aromatic rings. The molecule has 2 N–H and O–H groups in total. The molecule has 1 aliphatic rings. The molecule has 2 rings (SSSR count). The molecule has 3 nitrogen and oxygen atoms in total. The highest BCUT2D eigenvalue weighted by atomic mass is 16.3. The maximum absolute atomic E-state index is 9.98. The molecule has 1 saturated heterocycles. The van der Waals surface area contributed by atoms with E-state index in [1.807, 2.05) is 12.1 Å². The molecule has 17 heavy (non-hydrogen) atoms. The van der Waals surface area contributed by atoms with E-state index in [1.54, 1.807) is 6.07 Å². The van der Waals surface area contributed by atoms with Gasteiger partial charge >= 0.3 is 0 Å². The lowest BCUT2D eigenvalue weighted by atomic mass is 9.98. The van der Waals surface area contributed by atoms with Gasteiger partial charge in [-0.2, -0.15) is 0 Å². The van der Waals surface area contributed by atoms with E-state index in [2.05, 4.69) is 11.8 Å². The van der Waals surface area contributed by atoms with Gasteiger partial charge in [-0.1, -0.05) is 25.1 Å². The van der Waals surface area contributed by atoms with Crippen molar-refractivity contribution in [1.82, 2.24) is 4.90 Å². The summed E-state index contributed by atoms with van der Waals surface area (Å²) in [7, 11) is 0. The lowest BCUT2D eigenvalue weighted by Crippen LogP contribution is -2.32. The zero-order valence-electron chi connectivity index (χ0n) is 10.4. The highest BCUT2D eigenvalue weighted by molar-refractivity contribution is 5.39. The van der Waals surface area contributed by atoms with Gasteiger partial charge in [-0.25, -0.2) is 0 Å². The molecule has 0 aliphatic carbocycles. The van der Waals surface area contributed by atoms with E-state index in [-0.39, 0.29) is 12.4 Å². The van der Waals surface area contributed by atoms with Gasteiger partial charge in [0.2, 0.25) is 0 Å². The normalized spacial score (nSPS) is 18.5. The molecule has 0 spiro atoms. The van der Waals surface area contributed by atoms with E-state index in [0.29, 0.717) is 5.56 Å². The van der Waals surface area contributed by atoms with Crippen LogP contribution in [0.1, 0.15) is 30.9 Å². The molecule has 1 heterocycles. The van der Waals surface area contributed by atoms with Crippen LogP contribution in [-0.4, -0.2) is 28.2 Å². The molecule has 3 heteroatoms. The molecule has 0 amide bonds. The third kappa shape index (κ3) is 2.99. The quantitative estimate of drug-likeness (QED) is 0.843. The van der Waals surface area contributed by atoms with Crippen molar-refractivity contribution >= 4 is 0 Å². The average Bonchev–Trinajstić information content (AvgIpc) is 2.35. The number of aromatic hydroxyl groups is 1. The minimum absolute atomic E-state index is 0.100. The van der Waals surface area contributed by atoms with Crippen molar-refractivity contribution in [2.75, 3.05) is 13.1 Å². The Morgan fingerprint density at radius 3 is 2.53 bits per heavy atom. The number of aliphatic hydroxyl groups excluding tert-OH is 1. The molecule has 0 atom stereocenters. The first-order valence-corrected chi connectivity index (χ1v) is 6.33. The third-order valence-electron chi connectivity index (χ3n) is 3.64. The zero-order chi connectivity index (χ0) is 12.3. The van der Waals surface area contributed by atoms with E-state index >= 15 is 0 Å². The number of aliphatic hydroxyl groups is 1.